The number of methoxy groups -OCH3 is 3. The summed E-state index contributed by atoms with van der Waals surface area (Å²) in [7, 11) is 4.05. The van der Waals surface area contributed by atoms with Crippen LogP contribution in [0, 0.1) is 5.92 Å². The Morgan fingerprint density at radius 3 is 2.00 bits per heavy atom. The van der Waals surface area contributed by atoms with Crippen LogP contribution in [0.2, 0.25) is 0 Å². The lowest BCUT2D eigenvalue weighted by atomic mass is 9.83. The molecular formula is C15H26ClNO6. The number of hydrogen-bond donors (Lipinski definition) is 1. The van der Waals surface area contributed by atoms with Gasteiger partial charge in [0, 0.05) is 18.9 Å². The maximum Gasteiger partial charge on any atom is 0.323 e. The Balaban J connectivity index is 0.00000484. The van der Waals surface area contributed by atoms with Crippen molar-refractivity contribution in [3.8, 4) is 0 Å². The summed E-state index contributed by atoms with van der Waals surface area (Å²) in [5.74, 6) is -0.848. The molecule has 0 aliphatic carbocycles. The molecule has 23 heavy (non-hydrogen) atoms. The van der Waals surface area contributed by atoms with Crippen molar-refractivity contribution in [1.82, 2.24) is 5.32 Å². The van der Waals surface area contributed by atoms with Gasteiger partial charge in [0.2, 0.25) is 0 Å². The van der Waals surface area contributed by atoms with E-state index in [1.54, 1.807) is 0 Å². The molecule has 1 N–H and O–H groups in total. The third-order valence-corrected chi connectivity index (χ3v) is 4.10. The predicted octanol–water partition coefficient (Wildman–Crippen LogP) is 1.22. The molecule has 1 aliphatic heterocycles. The molecule has 7 nitrogen and oxygen atoms in total. The normalized spacial score (nSPS) is 23.3. The minimum Gasteiger partial charge on any atom is -0.469 e. The van der Waals surface area contributed by atoms with Gasteiger partial charge in [-0.1, -0.05) is 0 Å². The Morgan fingerprint density at radius 1 is 0.913 bits per heavy atom. The van der Waals surface area contributed by atoms with E-state index in [-0.39, 0.29) is 48.7 Å². The van der Waals surface area contributed by atoms with Gasteiger partial charge in [-0.3, -0.25) is 14.4 Å². The quantitative estimate of drug-likeness (QED) is 0.544. The Hall–Kier alpha value is -1.34. The fraction of sp³-hybridized carbons (Fsp3) is 0.800. The topological polar surface area (TPSA) is 90.9 Å². The van der Waals surface area contributed by atoms with Crippen molar-refractivity contribution >= 4 is 30.3 Å². The van der Waals surface area contributed by atoms with Gasteiger partial charge in [0.1, 0.15) is 6.04 Å². The van der Waals surface area contributed by atoms with Gasteiger partial charge in [0.15, 0.2) is 0 Å². The maximum absolute atomic E-state index is 11.9. The molecule has 3 atom stereocenters. The minimum atomic E-state index is -0.453. The van der Waals surface area contributed by atoms with Crippen LogP contribution in [0.25, 0.3) is 0 Å². The number of piperidine rings is 1. The largest absolute Gasteiger partial charge is 0.469 e. The molecule has 0 saturated carbocycles. The van der Waals surface area contributed by atoms with Crippen molar-refractivity contribution in [2.75, 3.05) is 21.3 Å². The number of rotatable bonds is 7. The fourth-order valence-electron chi connectivity index (χ4n) is 2.78. The highest BCUT2D eigenvalue weighted by Crippen LogP contribution is 2.27. The van der Waals surface area contributed by atoms with Crippen molar-refractivity contribution < 1.29 is 28.6 Å². The molecule has 1 heterocycles. The summed E-state index contributed by atoms with van der Waals surface area (Å²) in [4.78, 5) is 34.4. The average Bonchev–Trinajstić information content (AvgIpc) is 2.56. The number of carbonyl (C=O) groups excluding carboxylic acids is 3. The molecule has 0 radical (unpaired) electrons. The van der Waals surface area contributed by atoms with Crippen molar-refractivity contribution in [3.05, 3.63) is 0 Å². The van der Waals surface area contributed by atoms with E-state index in [9.17, 15) is 14.4 Å². The molecule has 0 unspecified atom stereocenters. The molecule has 1 aliphatic rings. The average molecular weight is 352 g/mol. The van der Waals surface area contributed by atoms with Gasteiger partial charge in [-0.2, -0.15) is 0 Å². The molecule has 1 rings (SSSR count). The Morgan fingerprint density at radius 2 is 1.48 bits per heavy atom. The van der Waals surface area contributed by atoms with Crippen molar-refractivity contribution in [3.63, 3.8) is 0 Å². The van der Waals surface area contributed by atoms with Crippen LogP contribution in [0.1, 0.15) is 38.5 Å². The van der Waals surface area contributed by atoms with Crippen LogP contribution in [-0.2, 0) is 28.6 Å². The molecule has 0 aromatic heterocycles. The second-order valence-corrected chi connectivity index (χ2v) is 5.43. The third-order valence-electron chi connectivity index (χ3n) is 4.10. The summed E-state index contributed by atoms with van der Waals surface area (Å²) in [6.07, 6.45) is 3.43. The van der Waals surface area contributed by atoms with Crippen LogP contribution in [0.3, 0.4) is 0 Å². The lowest BCUT2D eigenvalue weighted by Crippen LogP contribution is -2.52. The second kappa shape index (κ2) is 11.2. The molecule has 0 amide bonds. The lowest BCUT2D eigenvalue weighted by Gasteiger charge is -2.35. The number of ether oxygens (including phenoxy) is 3. The van der Waals surface area contributed by atoms with Gasteiger partial charge >= 0.3 is 17.9 Å². The van der Waals surface area contributed by atoms with Crippen molar-refractivity contribution in [2.24, 2.45) is 5.92 Å². The third kappa shape index (κ3) is 7.18. The number of halogens is 1. The minimum absolute atomic E-state index is 0. The zero-order valence-corrected chi connectivity index (χ0v) is 14.6. The van der Waals surface area contributed by atoms with Crippen molar-refractivity contribution in [1.29, 1.82) is 0 Å². The van der Waals surface area contributed by atoms with Gasteiger partial charge in [-0.25, -0.2) is 0 Å². The smallest absolute Gasteiger partial charge is 0.323 e. The van der Waals surface area contributed by atoms with Crippen LogP contribution in [0.4, 0.5) is 0 Å². The van der Waals surface area contributed by atoms with Crippen LogP contribution < -0.4 is 5.32 Å². The molecule has 0 bridgehead atoms. The van der Waals surface area contributed by atoms with Crippen LogP contribution in [0.5, 0.6) is 0 Å². The first-order valence-electron chi connectivity index (χ1n) is 7.49. The lowest BCUT2D eigenvalue weighted by molar-refractivity contribution is -0.147. The van der Waals surface area contributed by atoms with Gasteiger partial charge in [0.05, 0.1) is 21.3 Å². The van der Waals surface area contributed by atoms with Gasteiger partial charge in [0.25, 0.3) is 0 Å². The number of esters is 3. The van der Waals surface area contributed by atoms with Crippen molar-refractivity contribution in [2.45, 2.75) is 50.6 Å². The van der Waals surface area contributed by atoms with Crippen LogP contribution in [-0.4, -0.2) is 51.3 Å². The summed E-state index contributed by atoms with van der Waals surface area (Å²) in [5.41, 5.74) is 0. The molecule has 1 fully saturated rings. The maximum atomic E-state index is 11.9. The highest BCUT2D eigenvalue weighted by molar-refractivity contribution is 5.85. The Bertz CT molecular complexity index is 403. The number of nitrogens with one attached hydrogen (secondary N) is 1. The first kappa shape index (κ1) is 21.7. The highest BCUT2D eigenvalue weighted by atomic mass is 35.5. The molecular weight excluding hydrogens is 326 g/mol. The highest BCUT2D eigenvalue weighted by Gasteiger charge is 2.35. The zero-order chi connectivity index (χ0) is 16.5. The molecule has 0 aromatic carbocycles. The Labute approximate surface area is 142 Å². The fourth-order valence-corrected chi connectivity index (χ4v) is 2.78. The summed E-state index contributed by atoms with van der Waals surface area (Å²) < 4.78 is 14.1. The molecule has 134 valence electrons. The number of hydrogen-bond acceptors (Lipinski definition) is 7. The molecule has 0 aromatic rings. The van der Waals surface area contributed by atoms with Gasteiger partial charge < -0.3 is 19.5 Å². The van der Waals surface area contributed by atoms with E-state index in [0.717, 1.165) is 12.8 Å². The zero-order valence-electron chi connectivity index (χ0n) is 13.8. The summed E-state index contributed by atoms with van der Waals surface area (Å²) in [6.45, 7) is 0. The second-order valence-electron chi connectivity index (χ2n) is 5.43. The van der Waals surface area contributed by atoms with E-state index in [4.69, 9.17) is 4.74 Å². The molecule has 0 spiro atoms. The van der Waals surface area contributed by atoms with Crippen LogP contribution in [0.15, 0.2) is 0 Å². The van der Waals surface area contributed by atoms with E-state index in [0.29, 0.717) is 19.3 Å². The molecule has 1 saturated heterocycles. The van der Waals surface area contributed by atoms with E-state index < -0.39 is 6.04 Å². The SMILES string of the molecule is COC(=O)CC[C@@H]1CC[C@H](CCC(=O)OC)[C@@H](C(=O)OC)N1.Cl. The summed E-state index contributed by atoms with van der Waals surface area (Å²) >= 11 is 0. The van der Waals surface area contributed by atoms with E-state index in [1.807, 2.05) is 0 Å². The van der Waals surface area contributed by atoms with E-state index >= 15 is 0 Å². The Kier molecular flexibility index (Phi) is 10.6. The predicted molar refractivity (Wildman–Crippen MR) is 85.2 cm³/mol. The standard InChI is InChI=1S/C15H25NO6.ClH/c1-20-12(17)8-5-10-4-6-11(7-9-13(18)21-2)16-14(10)15(19)22-3;/h10-11,14,16H,4-9H2,1-3H3;1H/t10-,11+,14+;/m1./s1. The first-order valence-corrected chi connectivity index (χ1v) is 7.49. The van der Waals surface area contributed by atoms with E-state index in [1.165, 1.54) is 21.3 Å². The monoisotopic (exact) mass is 351 g/mol. The number of carbonyl (C=O) groups is 3. The summed E-state index contributed by atoms with van der Waals surface area (Å²) in [6, 6.07) is -0.386. The summed E-state index contributed by atoms with van der Waals surface area (Å²) in [5, 5.41) is 3.24. The van der Waals surface area contributed by atoms with Gasteiger partial charge in [-0.15, -0.1) is 12.4 Å². The van der Waals surface area contributed by atoms with Crippen LogP contribution >= 0.6 is 12.4 Å². The molecule has 8 heteroatoms. The van der Waals surface area contributed by atoms with Gasteiger partial charge in [-0.05, 0) is 31.6 Å². The first-order chi connectivity index (χ1) is 10.5. The van der Waals surface area contributed by atoms with E-state index in [2.05, 4.69) is 14.8 Å².